The predicted octanol–water partition coefficient (Wildman–Crippen LogP) is 6.60. The fourth-order valence-electron chi connectivity index (χ4n) is 4.09. The minimum Gasteiger partial charge on any atom is -0.726 e. The second-order valence-corrected chi connectivity index (χ2v) is 9.61. The molecular formula is C24H57N3O5S. The third-order valence-electron chi connectivity index (χ3n) is 5.91. The van der Waals surface area contributed by atoms with Gasteiger partial charge in [0.25, 0.3) is 0 Å². The van der Waals surface area contributed by atoms with E-state index in [0.29, 0.717) is 6.04 Å². The average Bonchev–Trinajstić information content (AvgIpc) is 2.74. The molecule has 1 unspecified atom stereocenters. The number of hydrogen-bond donors (Lipinski definition) is 2. The van der Waals surface area contributed by atoms with Gasteiger partial charge in [-0.05, 0) is 19.9 Å². The Hall–Kier alpha value is -0.290. The van der Waals surface area contributed by atoms with E-state index >= 15 is 0 Å². The lowest BCUT2D eigenvalue weighted by atomic mass is 10.0. The topological polar surface area (TPSA) is 150 Å². The summed E-state index contributed by atoms with van der Waals surface area (Å²) in [5, 5.41) is 0. The van der Waals surface area contributed by atoms with Crippen LogP contribution in [0.5, 0.6) is 0 Å². The zero-order valence-electron chi connectivity index (χ0n) is 22.3. The third-order valence-corrected chi connectivity index (χ3v) is 6.43. The molecule has 33 heavy (non-hydrogen) atoms. The summed E-state index contributed by atoms with van der Waals surface area (Å²) in [6.45, 7) is 10.1. The van der Waals surface area contributed by atoms with Gasteiger partial charge in [0, 0.05) is 12.6 Å². The highest BCUT2D eigenvalue weighted by Gasteiger charge is 2.20. The summed E-state index contributed by atoms with van der Waals surface area (Å²) in [5.74, 6) is 0. The van der Waals surface area contributed by atoms with Crippen molar-refractivity contribution in [2.75, 3.05) is 32.9 Å². The normalized spacial score (nSPS) is 16.3. The molecule has 1 aliphatic heterocycles. The molecular weight excluding hydrogens is 442 g/mol. The Bertz CT molecular complexity index is 481. The standard InChI is InChI=1S/C22H45NO.C2H6O4S.2H3N/c1-3-5-6-7-8-9-10-11-12-13-14-15-16-17-18-22-21-24-20-19-23(22)4-2;1-2-6-7(3,4)5;;/h22H,3-21H2,1-2H3;2H2,1H3,(H,3,4,5);2*1H3. The number of rotatable bonds is 18. The van der Waals surface area contributed by atoms with E-state index in [1.807, 2.05) is 0 Å². The van der Waals surface area contributed by atoms with Gasteiger partial charge in [0.2, 0.25) is 10.4 Å². The molecule has 0 aliphatic carbocycles. The van der Waals surface area contributed by atoms with E-state index in [0.717, 1.165) is 19.8 Å². The van der Waals surface area contributed by atoms with Crippen LogP contribution in [0.15, 0.2) is 0 Å². The molecule has 0 saturated carbocycles. The Balaban J connectivity index is -0.000000869. The molecule has 1 fully saturated rings. The van der Waals surface area contributed by atoms with Gasteiger partial charge >= 0.3 is 0 Å². The highest BCUT2D eigenvalue weighted by Crippen LogP contribution is 2.16. The van der Waals surface area contributed by atoms with E-state index in [2.05, 4.69) is 22.9 Å². The summed E-state index contributed by atoms with van der Waals surface area (Å²) in [7, 11) is -4.42. The molecule has 9 heteroatoms. The molecule has 0 bridgehead atoms. The first-order valence-corrected chi connectivity index (χ1v) is 14.2. The first-order valence-electron chi connectivity index (χ1n) is 12.9. The van der Waals surface area contributed by atoms with Crippen LogP contribution in [0.2, 0.25) is 0 Å². The average molecular weight is 500 g/mol. The molecule has 1 heterocycles. The lowest BCUT2D eigenvalue weighted by molar-refractivity contribution is -0.00848. The van der Waals surface area contributed by atoms with Crippen molar-refractivity contribution in [2.45, 2.75) is 123 Å². The first kappa shape index (κ1) is 37.3. The van der Waals surface area contributed by atoms with Crippen LogP contribution in [0.3, 0.4) is 0 Å². The molecule has 1 atom stereocenters. The Kier molecular flexibility index (Phi) is 29.7. The Morgan fingerprint density at radius 1 is 0.848 bits per heavy atom. The maximum atomic E-state index is 9.45. The largest absolute Gasteiger partial charge is 0.726 e. The van der Waals surface area contributed by atoms with Crippen molar-refractivity contribution >= 4 is 10.4 Å². The molecule has 1 rings (SSSR count). The van der Waals surface area contributed by atoms with E-state index in [9.17, 15) is 13.0 Å². The van der Waals surface area contributed by atoms with E-state index in [-0.39, 0.29) is 18.9 Å². The van der Waals surface area contributed by atoms with Crippen LogP contribution in [0.1, 0.15) is 117 Å². The van der Waals surface area contributed by atoms with Crippen molar-refractivity contribution in [1.29, 1.82) is 0 Å². The second-order valence-electron chi connectivity index (χ2n) is 8.56. The number of morpholine rings is 1. The molecule has 1 saturated heterocycles. The van der Waals surface area contributed by atoms with Gasteiger partial charge in [0.05, 0.1) is 19.8 Å². The van der Waals surface area contributed by atoms with E-state index in [1.54, 1.807) is 0 Å². The highest BCUT2D eigenvalue weighted by molar-refractivity contribution is 7.80. The van der Waals surface area contributed by atoms with Gasteiger partial charge < -0.3 is 21.6 Å². The summed E-state index contributed by atoms with van der Waals surface area (Å²) >= 11 is 0. The van der Waals surface area contributed by atoms with Crippen molar-refractivity contribution in [1.82, 2.24) is 17.2 Å². The van der Waals surface area contributed by atoms with Crippen LogP contribution in [-0.2, 0) is 19.3 Å². The monoisotopic (exact) mass is 499 g/mol. The number of ether oxygens (including phenoxy) is 1. The Morgan fingerprint density at radius 2 is 1.30 bits per heavy atom. The van der Waals surface area contributed by atoms with E-state index in [1.165, 1.54) is 110 Å². The summed E-state index contributed by atoms with van der Waals surface area (Å²) in [6, 6.07) is 0.695. The summed E-state index contributed by atoms with van der Waals surface area (Å²) in [4.78, 5) is 2.60. The van der Waals surface area contributed by atoms with Crippen LogP contribution in [0, 0.1) is 0 Å². The predicted molar refractivity (Wildman–Crippen MR) is 139 cm³/mol. The lowest BCUT2D eigenvalue weighted by Crippen LogP contribution is -2.45. The maximum Gasteiger partial charge on any atom is 0.217 e. The van der Waals surface area contributed by atoms with Crippen molar-refractivity contribution in [3.63, 3.8) is 0 Å². The third kappa shape index (κ3) is 26.2. The van der Waals surface area contributed by atoms with Gasteiger partial charge in [0.1, 0.15) is 0 Å². The van der Waals surface area contributed by atoms with Gasteiger partial charge in [-0.3, -0.25) is 9.08 Å². The van der Waals surface area contributed by atoms with Crippen molar-refractivity contribution in [2.24, 2.45) is 0 Å². The maximum absolute atomic E-state index is 9.45. The van der Waals surface area contributed by atoms with Gasteiger partial charge in [-0.2, -0.15) is 0 Å². The molecule has 0 amide bonds. The molecule has 0 spiro atoms. The second kappa shape index (κ2) is 26.3. The molecule has 0 aromatic rings. The van der Waals surface area contributed by atoms with Gasteiger partial charge in [0.15, 0.2) is 0 Å². The lowest BCUT2D eigenvalue weighted by Gasteiger charge is -2.34. The Labute approximate surface area is 205 Å². The molecule has 0 aromatic carbocycles. The minimum atomic E-state index is -4.42. The van der Waals surface area contributed by atoms with Crippen LogP contribution >= 0.6 is 0 Å². The summed E-state index contributed by atoms with van der Waals surface area (Å²) in [6.07, 6.45) is 21.6. The zero-order valence-corrected chi connectivity index (χ0v) is 23.1. The molecule has 7 N–H and O–H groups in total. The quantitative estimate of drug-likeness (QED) is 0.122. The van der Waals surface area contributed by atoms with Crippen LogP contribution in [-0.4, -0.2) is 56.8 Å². The summed E-state index contributed by atoms with van der Waals surface area (Å²) in [5.41, 5.74) is 0. The first-order chi connectivity index (χ1) is 14.9. The van der Waals surface area contributed by atoms with E-state index < -0.39 is 10.4 Å². The van der Waals surface area contributed by atoms with Crippen LogP contribution in [0.4, 0.5) is 0 Å². The Morgan fingerprint density at radius 3 is 1.67 bits per heavy atom. The zero-order chi connectivity index (χ0) is 23.2. The molecule has 8 nitrogen and oxygen atoms in total. The highest BCUT2D eigenvalue weighted by atomic mass is 32.3. The van der Waals surface area contributed by atoms with Crippen LogP contribution in [0.25, 0.3) is 0 Å². The van der Waals surface area contributed by atoms with Gasteiger partial charge in [-0.1, -0.05) is 104 Å². The minimum absolute atomic E-state index is 0. The number of quaternary nitrogens is 1. The summed E-state index contributed by atoms with van der Waals surface area (Å²) < 4.78 is 37.6. The van der Waals surface area contributed by atoms with Crippen molar-refractivity contribution in [3.8, 4) is 0 Å². The molecule has 204 valence electrons. The van der Waals surface area contributed by atoms with E-state index in [4.69, 9.17) is 4.74 Å². The van der Waals surface area contributed by atoms with Gasteiger partial charge in [-0.15, -0.1) is 0 Å². The van der Waals surface area contributed by atoms with Gasteiger partial charge in [-0.25, -0.2) is 8.42 Å². The number of unbranched alkanes of at least 4 members (excludes halogenated alkanes) is 13. The number of likely N-dealkylation sites (N-methyl/N-ethyl adjacent to an activating group) is 1. The van der Waals surface area contributed by atoms with Crippen molar-refractivity contribution < 1.29 is 21.9 Å². The van der Waals surface area contributed by atoms with Crippen molar-refractivity contribution in [3.05, 3.63) is 0 Å². The smallest absolute Gasteiger partial charge is 0.217 e. The number of nitrogens with zero attached hydrogens (tertiary/aromatic N) is 1. The number of hydrogen-bond acceptors (Lipinski definition) is 7. The molecule has 0 aromatic heterocycles. The molecule has 0 radical (unpaired) electrons. The fraction of sp³-hybridized carbons (Fsp3) is 1.00. The fourth-order valence-corrected chi connectivity index (χ4v) is 4.38. The molecule has 1 aliphatic rings. The van der Waals surface area contributed by atoms with Crippen LogP contribution < -0.4 is 12.3 Å². The SMILES string of the molecule is CCCCCCCCCCCCCCCCC1COCCN1CC.CCOS(=O)(=O)[O-].N.[NH4+].